The van der Waals surface area contributed by atoms with Gasteiger partial charge >= 0.3 is 5.97 Å². The third-order valence-electron chi connectivity index (χ3n) is 2.12. The van der Waals surface area contributed by atoms with Gasteiger partial charge in [0, 0.05) is 6.54 Å². The summed E-state index contributed by atoms with van der Waals surface area (Å²) in [6, 6.07) is 0. The van der Waals surface area contributed by atoms with Crippen LogP contribution in [0.25, 0.3) is 0 Å². The third-order valence-corrected chi connectivity index (χ3v) is 2.12. The first-order valence-electron chi connectivity index (χ1n) is 3.85. The predicted molar refractivity (Wildman–Crippen MR) is 42.1 cm³/mol. The van der Waals surface area contributed by atoms with Crippen LogP contribution in [0, 0.1) is 5.92 Å². The van der Waals surface area contributed by atoms with Crippen molar-refractivity contribution in [2.24, 2.45) is 11.7 Å². The lowest BCUT2D eigenvalue weighted by Crippen LogP contribution is -2.18. The summed E-state index contributed by atoms with van der Waals surface area (Å²) in [4.78, 5) is 10.5. The Hall–Kier alpha value is -0.830. The van der Waals surface area contributed by atoms with Gasteiger partial charge in [0.05, 0.1) is 5.92 Å². The molecule has 0 radical (unpaired) electrons. The van der Waals surface area contributed by atoms with Crippen LogP contribution < -0.4 is 5.73 Å². The van der Waals surface area contributed by atoms with E-state index in [1.165, 1.54) is 5.57 Å². The average molecular weight is 155 g/mol. The zero-order valence-corrected chi connectivity index (χ0v) is 6.42. The van der Waals surface area contributed by atoms with Crippen molar-refractivity contribution in [3.63, 3.8) is 0 Å². The zero-order valence-electron chi connectivity index (χ0n) is 6.42. The molecule has 1 rings (SSSR count). The number of rotatable bonds is 2. The lowest BCUT2D eigenvalue weighted by atomic mass is 9.90. The molecule has 0 aromatic rings. The van der Waals surface area contributed by atoms with Crippen molar-refractivity contribution in [2.75, 3.05) is 6.54 Å². The molecule has 1 aliphatic rings. The average Bonchev–Trinajstić information content (AvgIpc) is 2.05. The lowest BCUT2D eigenvalue weighted by molar-refractivity contribution is -0.141. The number of allylic oxidation sites excluding steroid dienone is 1. The predicted octanol–water partition coefficient (Wildman–Crippen LogP) is 0.756. The number of hydrogen-bond donors (Lipinski definition) is 2. The molecule has 0 spiro atoms. The van der Waals surface area contributed by atoms with Crippen LogP contribution in [0.15, 0.2) is 11.6 Å². The molecule has 0 aliphatic heterocycles. The number of carboxylic acids is 1. The van der Waals surface area contributed by atoms with Crippen LogP contribution in [-0.2, 0) is 4.79 Å². The van der Waals surface area contributed by atoms with E-state index < -0.39 is 5.97 Å². The van der Waals surface area contributed by atoms with Gasteiger partial charge in [0.1, 0.15) is 0 Å². The van der Waals surface area contributed by atoms with E-state index in [0.29, 0.717) is 13.0 Å². The minimum Gasteiger partial charge on any atom is -0.481 e. The highest BCUT2D eigenvalue weighted by molar-refractivity contribution is 5.70. The summed E-state index contributed by atoms with van der Waals surface area (Å²) in [7, 11) is 0. The van der Waals surface area contributed by atoms with E-state index in [2.05, 4.69) is 0 Å². The maximum atomic E-state index is 10.5. The van der Waals surface area contributed by atoms with Crippen LogP contribution in [0.1, 0.15) is 19.3 Å². The van der Waals surface area contributed by atoms with Gasteiger partial charge < -0.3 is 10.8 Å². The van der Waals surface area contributed by atoms with Crippen LogP contribution in [-0.4, -0.2) is 17.6 Å². The summed E-state index contributed by atoms with van der Waals surface area (Å²) in [5.74, 6) is -0.859. The lowest BCUT2D eigenvalue weighted by Gasteiger charge is -2.16. The number of nitrogens with two attached hydrogens (primary N) is 1. The molecule has 0 saturated carbocycles. The maximum Gasteiger partial charge on any atom is 0.306 e. The van der Waals surface area contributed by atoms with Gasteiger partial charge in [0.2, 0.25) is 0 Å². The third kappa shape index (κ3) is 2.05. The van der Waals surface area contributed by atoms with Crippen molar-refractivity contribution in [1.29, 1.82) is 0 Å². The Balaban J connectivity index is 2.47. The van der Waals surface area contributed by atoms with Crippen LogP contribution in [0.5, 0.6) is 0 Å². The second kappa shape index (κ2) is 3.53. The molecule has 11 heavy (non-hydrogen) atoms. The van der Waals surface area contributed by atoms with Crippen LogP contribution in [0.3, 0.4) is 0 Å². The molecule has 62 valence electrons. The summed E-state index contributed by atoms with van der Waals surface area (Å²) in [5, 5.41) is 8.64. The molecule has 0 aromatic carbocycles. The summed E-state index contributed by atoms with van der Waals surface area (Å²) in [6.45, 7) is 0.576. The Morgan fingerprint density at radius 2 is 2.55 bits per heavy atom. The second-order valence-corrected chi connectivity index (χ2v) is 2.88. The zero-order chi connectivity index (χ0) is 8.27. The molecule has 0 saturated heterocycles. The maximum absolute atomic E-state index is 10.5. The van der Waals surface area contributed by atoms with Gasteiger partial charge in [0.15, 0.2) is 0 Å². The van der Waals surface area contributed by atoms with Crippen LogP contribution in [0.2, 0.25) is 0 Å². The molecule has 3 nitrogen and oxygen atoms in total. The van der Waals surface area contributed by atoms with Gasteiger partial charge in [-0.15, -0.1) is 0 Å². The van der Waals surface area contributed by atoms with E-state index >= 15 is 0 Å². The molecule has 0 bridgehead atoms. The van der Waals surface area contributed by atoms with Crippen molar-refractivity contribution in [1.82, 2.24) is 0 Å². The number of carboxylic acid groups (broad SMARTS) is 1. The van der Waals surface area contributed by atoms with Gasteiger partial charge in [-0.3, -0.25) is 4.79 Å². The minimum atomic E-state index is -0.683. The quantitative estimate of drug-likeness (QED) is 0.578. The highest BCUT2D eigenvalue weighted by atomic mass is 16.4. The topological polar surface area (TPSA) is 63.3 Å². The second-order valence-electron chi connectivity index (χ2n) is 2.88. The first-order chi connectivity index (χ1) is 5.24. The van der Waals surface area contributed by atoms with Crippen molar-refractivity contribution in [3.8, 4) is 0 Å². The molecule has 3 N–H and O–H groups in total. The summed E-state index contributed by atoms with van der Waals surface area (Å²) in [5.41, 5.74) is 6.61. The molecule has 0 amide bonds. The Morgan fingerprint density at radius 3 is 2.91 bits per heavy atom. The molecule has 1 atom stereocenters. The fourth-order valence-corrected chi connectivity index (χ4v) is 1.30. The van der Waals surface area contributed by atoms with Gasteiger partial charge in [-0.2, -0.15) is 0 Å². The minimum absolute atomic E-state index is 0.176. The molecule has 1 aliphatic carbocycles. The summed E-state index contributed by atoms with van der Waals surface area (Å²) >= 11 is 0. The molecule has 0 fully saturated rings. The number of aliphatic carboxylic acids is 1. The van der Waals surface area contributed by atoms with E-state index in [4.69, 9.17) is 10.8 Å². The Morgan fingerprint density at radius 1 is 1.82 bits per heavy atom. The Labute approximate surface area is 65.9 Å². The largest absolute Gasteiger partial charge is 0.481 e. The summed E-state index contributed by atoms with van der Waals surface area (Å²) < 4.78 is 0. The molecule has 1 unspecified atom stereocenters. The van der Waals surface area contributed by atoms with E-state index in [-0.39, 0.29) is 5.92 Å². The standard InChI is InChI=1S/C8H13NO2/c9-5-6-1-3-7(4-2-6)8(10)11/h1,7H,2-5,9H2,(H,10,11). The first kappa shape index (κ1) is 8.27. The summed E-state index contributed by atoms with van der Waals surface area (Å²) in [6.07, 6.45) is 4.22. The van der Waals surface area contributed by atoms with Gasteiger partial charge in [-0.05, 0) is 19.3 Å². The van der Waals surface area contributed by atoms with Crippen molar-refractivity contribution in [2.45, 2.75) is 19.3 Å². The fraction of sp³-hybridized carbons (Fsp3) is 0.625. The SMILES string of the molecule is NCC1=CCC(C(=O)O)CC1. The normalized spacial score (nSPS) is 24.5. The molecule has 3 heteroatoms. The molecular weight excluding hydrogens is 142 g/mol. The van der Waals surface area contributed by atoms with E-state index in [1.807, 2.05) is 6.08 Å². The molecular formula is C8H13NO2. The van der Waals surface area contributed by atoms with Crippen molar-refractivity contribution < 1.29 is 9.90 Å². The first-order valence-corrected chi connectivity index (χ1v) is 3.85. The van der Waals surface area contributed by atoms with Crippen molar-refractivity contribution >= 4 is 5.97 Å². The monoisotopic (exact) mass is 155 g/mol. The van der Waals surface area contributed by atoms with Gasteiger partial charge in [0.25, 0.3) is 0 Å². The van der Waals surface area contributed by atoms with Gasteiger partial charge in [-0.25, -0.2) is 0 Å². The van der Waals surface area contributed by atoms with Crippen LogP contribution >= 0.6 is 0 Å². The highest BCUT2D eigenvalue weighted by Crippen LogP contribution is 2.22. The Kier molecular flexibility index (Phi) is 2.65. The molecule has 0 aromatic heterocycles. The Bertz CT molecular complexity index is 187. The number of carbonyl (C=O) groups is 1. The molecule has 0 heterocycles. The number of hydrogen-bond acceptors (Lipinski definition) is 2. The highest BCUT2D eigenvalue weighted by Gasteiger charge is 2.19. The van der Waals surface area contributed by atoms with Crippen LogP contribution in [0.4, 0.5) is 0 Å². The van der Waals surface area contributed by atoms with Gasteiger partial charge in [-0.1, -0.05) is 11.6 Å². The fourth-order valence-electron chi connectivity index (χ4n) is 1.30. The van der Waals surface area contributed by atoms with E-state index in [9.17, 15) is 4.79 Å². The smallest absolute Gasteiger partial charge is 0.306 e. The van der Waals surface area contributed by atoms with E-state index in [0.717, 1.165) is 12.8 Å². The van der Waals surface area contributed by atoms with Crippen molar-refractivity contribution in [3.05, 3.63) is 11.6 Å². The van der Waals surface area contributed by atoms with E-state index in [1.54, 1.807) is 0 Å².